The number of hydrogen-bond donors (Lipinski definition) is 1. The molecule has 1 saturated carbocycles. The smallest absolute Gasteiger partial charge is 0.267 e. The van der Waals surface area contributed by atoms with Crippen LogP contribution in [0.3, 0.4) is 0 Å². The highest BCUT2D eigenvalue weighted by Crippen LogP contribution is 2.36. The van der Waals surface area contributed by atoms with Crippen molar-refractivity contribution >= 4 is 11.6 Å². The van der Waals surface area contributed by atoms with Crippen molar-refractivity contribution in [1.29, 1.82) is 0 Å². The Bertz CT molecular complexity index is 733. The van der Waals surface area contributed by atoms with E-state index in [1.807, 2.05) is 0 Å². The molecule has 1 aliphatic rings. The number of amides is 1. The zero-order chi connectivity index (χ0) is 17.9. The number of tetrazole rings is 1. The van der Waals surface area contributed by atoms with Crippen LogP contribution in [-0.4, -0.2) is 31.8 Å². The van der Waals surface area contributed by atoms with Crippen LogP contribution in [0.4, 0.5) is 0 Å². The quantitative estimate of drug-likeness (QED) is 0.871. The van der Waals surface area contributed by atoms with Gasteiger partial charge in [0.05, 0.1) is 5.69 Å². The van der Waals surface area contributed by atoms with E-state index in [4.69, 9.17) is 0 Å². The summed E-state index contributed by atoms with van der Waals surface area (Å²) >= 11 is 0. The Labute approximate surface area is 147 Å². The lowest BCUT2D eigenvalue weighted by atomic mass is 9.72. The molecule has 0 unspecified atom stereocenters. The molecule has 1 aromatic heterocycles. The zero-order valence-corrected chi connectivity index (χ0v) is 14.9. The minimum absolute atomic E-state index is 0.200. The van der Waals surface area contributed by atoms with Gasteiger partial charge in [-0.15, -0.1) is 5.10 Å². The van der Waals surface area contributed by atoms with Crippen molar-refractivity contribution in [3.05, 3.63) is 36.2 Å². The first-order valence-electron chi connectivity index (χ1n) is 8.62. The van der Waals surface area contributed by atoms with E-state index in [1.165, 1.54) is 11.0 Å². The Morgan fingerprint density at radius 3 is 2.44 bits per heavy atom. The number of nitrogens with one attached hydrogen (secondary N) is 1. The van der Waals surface area contributed by atoms with Gasteiger partial charge < -0.3 is 0 Å². The first-order chi connectivity index (χ1) is 11.9. The molecule has 132 valence electrons. The first kappa shape index (κ1) is 17.3. The van der Waals surface area contributed by atoms with Crippen molar-refractivity contribution in [3.8, 4) is 5.69 Å². The molecule has 1 amide bonds. The third-order valence-corrected chi connectivity index (χ3v) is 4.85. The molecule has 25 heavy (non-hydrogen) atoms. The molecule has 0 spiro atoms. The lowest BCUT2D eigenvalue weighted by Crippen LogP contribution is -2.27. The molecular formula is C18H24N6O. The normalized spacial score (nSPS) is 18.0. The maximum Gasteiger partial charge on any atom is 0.271 e. The van der Waals surface area contributed by atoms with Gasteiger partial charge in [-0.2, -0.15) is 5.10 Å². The van der Waals surface area contributed by atoms with E-state index in [9.17, 15) is 4.79 Å². The van der Waals surface area contributed by atoms with E-state index in [0.29, 0.717) is 11.0 Å². The molecule has 7 nitrogen and oxygen atoms in total. The van der Waals surface area contributed by atoms with Gasteiger partial charge in [0, 0.05) is 11.3 Å². The molecule has 0 saturated heterocycles. The summed E-state index contributed by atoms with van der Waals surface area (Å²) in [5.74, 6) is 0.523. The molecular weight excluding hydrogens is 316 g/mol. The highest BCUT2D eigenvalue weighted by Gasteiger charge is 2.28. The van der Waals surface area contributed by atoms with Crippen molar-refractivity contribution in [3.63, 3.8) is 0 Å². The summed E-state index contributed by atoms with van der Waals surface area (Å²) in [7, 11) is 0. The van der Waals surface area contributed by atoms with Gasteiger partial charge in [-0.05, 0) is 71.7 Å². The number of hydrogen-bond acceptors (Lipinski definition) is 5. The summed E-state index contributed by atoms with van der Waals surface area (Å²) < 4.78 is 1.54. The SMILES string of the molecule is CC(C)(C)C1CCC(=NNC(=O)c2ccc(-n3cnnn3)cc2)CC1. The largest absolute Gasteiger partial charge is 0.271 e. The van der Waals surface area contributed by atoms with E-state index < -0.39 is 0 Å². The second-order valence-electron chi connectivity index (χ2n) is 7.56. The van der Waals surface area contributed by atoms with Crippen molar-refractivity contribution < 1.29 is 4.79 Å². The van der Waals surface area contributed by atoms with Crippen molar-refractivity contribution in [2.75, 3.05) is 0 Å². The van der Waals surface area contributed by atoms with Gasteiger partial charge in [0.25, 0.3) is 5.91 Å². The van der Waals surface area contributed by atoms with Crippen LogP contribution < -0.4 is 5.43 Å². The van der Waals surface area contributed by atoms with Crippen LogP contribution in [-0.2, 0) is 0 Å². The second-order valence-corrected chi connectivity index (χ2v) is 7.56. The number of hydrazone groups is 1. The molecule has 0 atom stereocenters. The summed E-state index contributed by atoms with van der Waals surface area (Å²) in [4.78, 5) is 12.2. The summed E-state index contributed by atoms with van der Waals surface area (Å²) in [5, 5.41) is 15.3. The van der Waals surface area contributed by atoms with E-state index in [-0.39, 0.29) is 5.91 Å². The van der Waals surface area contributed by atoms with Gasteiger partial charge in [0.2, 0.25) is 0 Å². The molecule has 7 heteroatoms. The van der Waals surface area contributed by atoms with E-state index in [0.717, 1.165) is 43.0 Å². The molecule has 1 aliphatic carbocycles. The summed E-state index contributed by atoms with van der Waals surface area (Å²) in [6.07, 6.45) is 5.70. The molecule has 0 radical (unpaired) electrons. The topological polar surface area (TPSA) is 85.1 Å². The lowest BCUT2D eigenvalue weighted by Gasteiger charge is -2.34. The molecule has 1 N–H and O–H groups in total. The maximum atomic E-state index is 12.2. The Hall–Kier alpha value is -2.57. The van der Waals surface area contributed by atoms with Gasteiger partial charge in [-0.3, -0.25) is 4.79 Å². The number of carbonyl (C=O) groups excluding carboxylic acids is 1. The van der Waals surface area contributed by atoms with Crippen LogP contribution in [0.2, 0.25) is 0 Å². The summed E-state index contributed by atoms with van der Waals surface area (Å²) in [5.41, 5.74) is 5.46. The fourth-order valence-corrected chi connectivity index (χ4v) is 3.17. The van der Waals surface area contributed by atoms with E-state index in [2.05, 4.69) is 46.8 Å². The van der Waals surface area contributed by atoms with Gasteiger partial charge in [-0.1, -0.05) is 20.8 Å². The third-order valence-electron chi connectivity index (χ3n) is 4.85. The van der Waals surface area contributed by atoms with Gasteiger partial charge >= 0.3 is 0 Å². The van der Waals surface area contributed by atoms with Gasteiger partial charge in [0.15, 0.2) is 0 Å². The fraction of sp³-hybridized carbons (Fsp3) is 0.500. The number of carbonyl (C=O) groups is 1. The minimum atomic E-state index is -0.200. The molecule has 0 aliphatic heterocycles. The predicted molar refractivity (Wildman–Crippen MR) is 95.5 cm³/mol. The number of benzene rings is 1. The average Bonchev–Trinajstić information content (AvgIpc) is 3.14. The van der Waals surface area contributed by atoms with Crippen LogP contribution in [0.1, 0.15) is 56.8 Å². The van der Waals surface area contributed by atoms with Crippen molar-refractivity contribution in [1.82, 2.24) is 25.6 Å². The molecule has 2 aromatic rings. The maximum absolute atomic E-state index is 12.2. The standard InChI is InChI=1S/C18H24N6O/c1-18(2,3)14-6-8-15(9-7-14)20-21-17(25)13-4-10-16(11-5-13)24-12-19-22-23-24/h4-5,10-12,14H,6-9H2,1-3H3,(H,21,25). The molecule has 1 heterocycles. The third kappa shape index (κ3) is 4.29. The molecule has 1 aromatic carbocycles. The lowest BCUT2D eigenvalue weighted by molar-refractivity contribution is 0.0954. The van der Waals surface area contributed by atoms with E-state index in [1.54, 1.807) is 24.3 Å². The summed E-state index contributed by atoms with van der Waals surface area (Å²) in [6, 6.07) is 7.08. The van der Waals surface area contributed by atoms with Crippen molar-refractivity contribution in [2.24, 2.45) is 16.4 Å². The van der Waals surface area contributed by atoms with Gasteiger partial charge in [0.1, 0.15) is 6.33 Å². The molecule has 3 rings (SSSR count). The second kappa shape index (κ2) is 7.13. The Morgan fingerprint density at radius 2 is 1.88 bits per heavy atom. The van der Waals surface area contributed by atoms with Gasteiger partial charge in [-0.25, -0.2) is 10.1 Å². The zero-order valence-electron chi connectivity index (χ0n) is 14.9. The number of aromatic nitrogens is 4. The Morgan fingerprint density at radius 1 is 1.20 bits per heavy atom. The number of nitrogens with zero attached hydrogens (tertiary/aromatic N) is 5. The molecule has 1 fully saturated rings. The first-order valence-corrected chi connectivity index (χ1v) is 8.62. The van der Waals surface area contributed by atoms with Crippen LogP contribution in [0, 0.1) is 11.3 Å². The van der Waals surface area contributed by atoms with Crippen LogP contribution in [0.5, 0.6) is 0 Å². The van der Waals surface area contributed by atoms with Crippen LogP contribution in [0.15, 0.2) is 35.7 Å². The van der Waals surface area contributed by atoms with Crippen molar-refractivity contribution in [2.45, 2.75) is 46.5 Å². The minimum Gasteiger partial charge on any atom is -0.267 e. The number of rotatable bonds is 3. The highest BCUT2D eigenvalue weighted by molar-refractivity contribution is 5.95. The monoisotopic (exact) mass is 340 g/mol. The fourth-order valence-electron chi connectivity index (χ4n) is 3.17. The Kier molecular flexibility index (Phi) is 4.92. The predicted octanol–water partition coefficient (Wildman–Crippen LogP) is 2.98. The average molecular weight is 340 g/mol. The van der Waals surface area contributed by atoms with Crippen LogP contribution in [0.25, 0.3) is 5.69 Å². The highest BCUT2D eigenvalue weighted by atomic mass is 16.2. The van der Waals surface area contributed by atoms with Crippen LogP contribution >= 0.6 is 0 Å². The summed E-state index contributed by atoms with van der Waals surface area (Å²) in [6.45, 7) is 6.88. The van der Waals surface area contributed by atoms with E-state index >= 15 is 0 Å². The molecule has 0 bridgehead atoms. The Balaban J connectivity index is 1.56.